The van der Waals surface area contributed by atoms with Crippen LogP contribution in [0.25, 0.3) is 10.9 Å². The molecule has 1 aromatic heterocycles. The van der Waals surface area contributed by atoms with Gasteiger partial charge in [0.05, 0.1) is 5.52 Å². The molecule has 1 heterocycles. The Labute approximate surface area is 140 Å². The summed E-state index contributed by atoms with van der Waals surface area (Å²) in [6, 6.07) is 18.5. The van der Waals surface area contributed by atoms with E-state index in [4.69, 9.17) is 4.74 Å². The SMILES string of the molecule is NC(=O)NS(=O)[O-].c1ccc(Oc2ccnc3ccccc23)cc1. The summed E-state index contributed by atoms with van der Waals surface area (Å²) in [4.78, 5) is 13.8. The molecule has 7 nitrogen and oxygen atoms in total. The molecule has 0 spiro atoms. The molecule has 0 radical (unpaired) electrons. The number of primary amides is 1. The van der Waals surface area contributed by atoms with E-state index in [1.54, 1.807) is 6.20 Å². The van der Waals surface area contributed by atoms with Crippen LogP contribution in [0.4, 0.5) is 4.79 Å². The maximum atomic E-state index is 9.53. The smallest absolute Gasteiger partial charge is 0.323 e. The van der Waals surface area contributed by atoms with Gasteiger partial charge in [0, 0.05) is 22.8 Å². The Morgan fingerprint density at radius 2 is 1.75 bits per heavy atom. The normalized spacial score (nSPS) is 11.0. The first-order valence-electron chi connectivity index (χ1n) is 6.78. The molecule has 0 aliphatic rings. The van der Waals surface area contributed by atoms with Gasteiger partial charge >= 0.3 is 6.03 Å². The Bertz CT molecular complexity index is 826. The predicted molar refractivity (Wildman–Crippen MR) is 89.9 cm³/mol. The maximum Gasteiger partial charge on any atom is 0.323 e. The van der Waals surface area contributed by atoms with Crippen LogP contribution in [-0.2, 0) is 11.3 Å². The molecule has 2 amide bonds. The first kappa shape index (κ1) is 17.4. The number of ether oxygens (including phenoxy) is 1. The molecule has 0 aliphatic heterocycles. The van der Waals surface area contributed by atoms with E-state index < -0.39 is 17.3 Å². The number of benzene rings is 2. The van der Waals surface area contributed by atoms with Crippen LogP contribution in [-0.4, -0.2) is 19.8 Å². The highest BCUT2D eigenvalue weighted by Crippen LogP contribution is 2.28. The highest BCUT2D eigenvalue weighted by molar-refractivity contribution is 7.77. The van der Waals surface area contributed by atoms with E-state index in [0.29, 0.717) is 0 Å². The van der Waals surface area contributed by atoms with E-state index in [1.165, 1.54) is 4.72 Å². The molecule has 1 unspecified atom stereocenters. The average Bonchev–Trinajstić information content (AvgIpc) is 2.55. The fraction of sp³-hybridized carbons (Fsp3) is 0. The van der Waals surface area contributed by atoms with Crippen molar-refractivity contribution in [1.29, 1.82) is 0 Å². The van der Waals surface area contributed by atoms with Crippen molar-refractivity contribution in [3.8, 4) is 11.5 Å². The van der Waals surface area contributed by atoms with Crippen LogP contribution in [0.15, 0.2) is 66.9 Å². The van der Waals surface area contributed by atoms with Crippen LogP contribution < -0.4 is 15.2 Å². The van der Waals surface area contributed by atoms with E-state index in [9.17, 15) is 13.6 Å². The van der Waals surface area contributed by atoms with Crippen LogP contribution in [0.3, 0.4) is 0 Å². The van der Waals surface area contributed by atoms with Crippen molar-refractivity contribution in [2.45, 2.75) is 0 Å². The Morgan fingerprint density at radius 1 is 1.08 bits per heavy atom. The molecule has 3 rings (SSSR count). The second-order valence-corrected chi connectivity index (χ2v) is 5.12. The fourth-order valence-electron chi connectivity index (χ4n) is 1.86. The lowest BCUT2D eigenvalue weighted by atomic mass is 10.2. The number of carbonyl (C=O) groups is 1. The van der Waals surface area contributed by atoms with Crippen LogP contribution in [0, 0.1) is 0 Å². The third-order valence-corrected chi connectivity index (χ3v) is 3.13. The molecule has 0 fully saturated rings. The molecule has 3 N–H and O–H groups in total. The Kier molecular flexibility index (Phi) is 6.23. The number of carbonyl (C=O) groups excluding carboxylic acids is 1. The van der Waals surface area contributed by atoms with E-state index in [1.807, 2.05) is 60.7 Å². The number of para-hydroxylation sites is 2. The molecule has 0 saturated carbocycles. The topological polar surface area (TPSA) is 117 Å². The van der Waals surface area contributed by atoms with Gasteiger partial charge in [0.25, 0.3) is 0 Å². The Morgan fingerprint density at radius 3 is 2.38 bits per heavy atom. The van der Waals surface area contributed by atoms with Crippen LogP contribution in [0.5, 0.6) is 11.5 Å². The molecule has 24 heavy (non-hydrogen) atoms. The molecule has 124 valence electrons. The molecule has 0 saturated heterocycles. The van der Waals surface area contributed by atoms with E-state index in [2.05, 4.69) is 10.7 Å². The molecule has 0 bridgehead atoms. The highest BCUT2D eigenvalue weighted by Gasteiger charge is 2.02. The van der Waals surface area contributed by atoms with Gasteiger partial charge in [-0.05, 0) is 30.3 Å². The zero-order valence-corrected chi connectivity index (χ0v) is 13.2. The van der Waals surface area contributed by atoms with Gasteiger partial charge in [-0.25, -0.2) is 4.79 Å². The number of urea groups is 1. The summed E-state index contributed by atoms with van der Waals surface area (Å²) in [7, 11) is 0. The first-order valence-corrected chi connectivity index (χ1v) is 7.86. The summed E-state index contributed by atoms with van der Waals surface area (Å²) in [5.74, 6) is 1.67. The van der Waals surface area contributed by atoms with Gasteiger partial charge in [0.1, 0.15) is 11.5 Å². The van der Waals surface area contributed by atoms with Crippen molar-refractivity contribution < 1.29 is 18.3 Å². The van der Waals surface area contributed by atoms with Gasteiger partial charge < -0.3 is 15.0 Å². The summed E-state index contributed by atoms with van der Waals surface area (Å²) in [6.45, 7) is 0. The number of rotatable bonds is 3. The quantitative estimate of drug-likeness (QED) is 0.708. The minimum Gasteiger partial charge on any atom is -0.755 e. The second kappa shape index (κ2) is 8.61. The van der Waals surface area contributed by atoms with Crippen LogP contribution in [0.2, 0.25) is 0 Å². The highest BCUT2D eigenvalue weighted by atomic mass is 32.2. The first-order chi connectivity index (χ1) is 11.6. The summed E-state index contributed by atoms with van der Waals surface area (Å²) in [5.41, 5.74) is 5.30. The number of amides is 2. The summed E-state index contributed by atoms with van der Waals surface area (Å²) < 4.78 is 26.0. The Balaban J connectivity index is 0.000000256. The monoisotopic (exact) mass is 344 g/mol. The number of nitrogens with two attached hydrogens (primary N) is 1. The lowest BCUT2D eigenvalue weighted by Crippen LogP contribution is -2.30. The standard InChI is InChI=1S/C15H11NO.CH4N2O3S/c1-2-6-12(7-3-1)17-15-10-11-16-14-9-5-4-8-13(14)15;2-1(4)3-7(5)6/h1-11H;(H,5,6)(H3,2,3,4)/p-1. The molecule has 2 aromatic carbocycles. The minimum atomic E-state index is -2.57. The van der Waals surface area contributed by atoms with Gasteiger partial charge in [-0.3, -0.25) is 13.9 Å². The minimum absolute atomic E-state index is 0.835. The van der Waals surface area contributed by atoms with Crippen molar-refractivity contribution in [3.63, 3.8) is 0 Å². The third kappa shape index (κ3) is 5.34. The molecule has 1 atom stereocenters. The van der Waals surface area contributed by atoms with Gasteiger partial charge in [-0.15, -0.1) is 0 Å². The van der Waals surface area contributed by atoms with Crippen molar-refractivity contribution in [2.24, 2.45) is 5.73 Å². The maximum absolute atomic E-state index is 9.53. The van der Waals surface area contributed by atoms with Crippen molar-refractivity contribution in [1.82, 2.24) is 9.71 Å². The van der Waals surface area contributed by atoms with E-state index >= 15 is 0 Å². The molecule has 8 heteroatoms. The van der Waals surface area contributed by atoms with Crippen molar-refractivity contribution in [3.05, 3.63) is 66.9 Å². The van der Waals surface area contributed by atoms with Gasteiger partial charge in [-0.1, -0.05) is 30.3 Å². The summed E-state index contributed by atoms with van der Waals surface area (Å²) in [5, 5.41) is 1.03. The van der Waals surface area contributed by atoms with Crippen LogP contribution >= 0.6 is 0 Å². The molecular weight excluding hydrogens is 330 g/mol. The second-order valence-electron chi connectivity index (χ2n) is 4.44. The van der Waals surface area contributed by atoms with E-state index in [0.717, 1.165) is 22.4 Å². The number of pyridine rings is 1. The van der Waals surface area contributed by atoms with E-state index in [-0.39, 0.29) is 0 Å². The van der Waals surface area contributed by atoms with Crippen LogP contribution in [0.1, 0.15) is 0 Å². The number of nitrogens with zero attached hydrogens (tertiary/aromatic N) is 1. The number of hydrogen-bond donors (Lipinski definition) is 2. The number of nitrogens with one attached hydrogen (secondary N) is 1. The number of aromatic nitrogens is 1. The predicted octanol–water partition coefficient (Wildman–Crippen LogP) is 2.48. The molecule has 3 aromatic rings. The fourth-order valence-corrected chi connectivity index (χ4v) is 2.02. The van der Waals surface area contributed by atoms with Crippen molar-refractivity contribution in [2.75, 3.05) is 0 Å². The lowest BCUT2D eigenvalue weighted by molar-refractivity contribution is 0.253. The zero-order chi connectivity index (χ0) is 17.4. The van der Waals surface area contributed by atoms with Gasteiger partial charge in [0.2, 0.25) is 0 Å². The summed E-state index contributed by atoms with van der Waals surface area (Å²) >= 11 is -2.57. The average molecular weight is 344 g/mol. The molecular formula is C16H14N3O4S-. The van der Waals surface area contributed by atoms with Gasteiger partial charge in [0.15, 0.2) is 0 Å². The number of fused-ring (bicyclic) bond motifs is 1. The Hall–Kier alpha value is -2.97. The van der Waals surface area contributed by atoms with Crippen molar-refractivity contribution >= 4 is 28.2 Å². The summed E-state index contributed by atoms with van der Waals surface area (Å²) in [6.07, 6.45) is 1.76. The molecule has 0 aliphatic carbocycles. The van der Waals surface area contributed by atoms with Gasteiger partial charge in [-0.2, -0.15) is 0 Å². The largest absolute Gasteiger partial charge is 0.755 e. The zero-order valence-electron chi connectivity index (χ0n) is 12.4. The number of hydrogen-bond acceptors (Lipinski definition) is 5. The third-order valence-electron chi connectivity index (χ3n) is 2.76. The lowest BCUT2D eigenvalue weighted by Gasteiger charge is -2.07.